The van der Waals surface area contributed by atoms with Gasteiger partial charge in [-0.05, 0) is 43.0 Å². The number of hydrogen-bond donors (Lipinski definition) is 1. The number of ether oxygens (including phenoxy) is 2. The molecule has 1 aromatic rings. The largest absolute Gasteiger partial charge is 0.491 e. The highest BCUT2D eigenvalue weighted by Gasteiger charge is 2.08. The lowest BCUT2D eigenvalue weighted by Crippen LogP contribution is -2.26. The second kappa shape index (κ2) is 9.78. The summed E-state index contributed by atoms with van der Waals surface area (Å²) >= 11 is 0. The van der Waals surface area contributed by atoms with Crippen molar-refractivity contribution in [2.45, 2.75) is 27.2 Å². The van der Waals surface area contributed by atoms with E-state index in [0.717, 1.165) is 25.3 Å². The van der Waals surface area contributed by atoms with Crippen LogP contribution in [0.15, 0.2) is 24.3 Å². The molecule has 0 amide bonds. The van der Waals surface area contributed by atoms with Gasteiger partial charge in [-0.1, -0.05) is 39.0 Å². The van der Waals surface area contributed by atoms with E-state index in [1.807, 2.05) is 12.1 Å². The highest BCUT2D eigenvalue weighted by atomic mass is 16.5. The predicted molar refractivity (Wildman–Crippen MR) is 84.4 cm³/mol. The molecule has 0 aliphatic carbocycles. The predicted octanol–water partition coefficient (Wildman–Crippen LogP) is 3.14. The summed E-state index contributed by atoms with van der Waals surface area (Å²) in [4.78, 5) is 0. The third kappa shape index (κ3) is 6.92. The smallest absolute Gasteiger partial charge is 0.122 e. The fraction of sp³-hybridized carbons (Fsp3) is 0.647. The zero-order valence-corrected chi connectivity index (χ0v) is 13.3. The Balaban J connectivity index is 2.44. The van der Waals surface area contributed by atoms with Crippen molar-refractivity contribution in [1.29, 1.82) is 0 Å². The van der Waals surface area contributed by atoms with E-state index in [-0.39, 0.29) is 0 Å². The molecule has 0 radical (unpaired) electrons. The van der Waals surface area contributed by atoms with Crippen LogP contribution in [-0.4, -0.2) is 33.4 Å². The van der Waals surface area contributed by atoms with E-state index >= 15 is 0 Å². The molecule has 0 heterocycles. The molecular formula is C17H29NO2. The molecule has 1 N–H and O–H groups in total. The molecule has 0 fully saturated rings. The lowest BCUT2D eigenvalue weighted by Gasteiger charge is -2.16. The summed E-state index contributed by atoms with van der Waals surface area (Å²) in [6.07, 6.45) is 1.04. The van der Waals surface area contributed by atoms with Crippen LogP contribution in [0.4, 0.5) is 0 Å². The van der Waals surface area contributed by atoms with Gasteiger partial charge in [-0.15, -0.1) is 0 Å². The van der Waals surface area contributed by atoms with Gasteiger partial charge in [-0.3, -0.25) is 0 Å². The summed E-state index contributed by atoms with van der Waals surface area (Å²) in [7, 11) is 1.69. The highest BCUT2D eigenvalue weighted by molar-refractivity contribution is 5.33. The first-order valence-corrected chi connectivity index (χ1v) is 7.53. The van der Waals surface area contributed by atoms with Gasteiger partial charge in [-0.25, -0.2) is 0 Å². The Hall–Kier alpha value is -1.06. The van der Waals surface area contributed by atoms with Gasteiger partial charge in [0.05, 0.1) is 6.61 Å². The summed E-state index contributed by atoms with van der Waals surface area (Å²) in [6, 6.07) is 8.29. The summed E-state index contributed by atoms with van der Waals surface area (Å²) in [5, 5.41) is 3.52. The van der Waals surface area contributed by atoms with Crippen LogP contribution in [0, 0.1) is 11.8 Å². The van der Waals surface area contributed by atoms with E-state index < -0.39 is 0 Å². The lowest BCUT2D eigenvalue weighted by atomic mass is 10.00. The zero-order chi connectivity index (χ0) is 14.8. The number of para-hydroxylation sites is 1. The summed E-state index contributed by atoms with van der Waals surface area (Å²) in [5.41, 5.74) is 1.28. The number of benzene rings is 1. The SMILES string of the molecule is COCCOc1ccccc1CC(C)CNCC(C)C. The minimum Gasteiger partial charge on any atom is -0.491 e. The van der Waals surface area contributed by atoms with Gasteiger partial charge < -0.3 is 14.8 Å². The third-order valence-corrected chi connectivity index (χ3v) is 3.13. The average Bonchev–Trinajstić information content (AvgIpc) is 2.40. The fourth-order valence-electron chi connectivity index (χ4n) is 2.11. The van der Waals surface area contributed by atoms with E-state index in [1.165, 1.54) is 5.56 Å². The van der Waals surface area contributed by atoms with Gasteiger partial charge in [0.25, 0.3) is 0 Å². The molecule has 0 aliphatic heterocycles. The summed E-state index contributed by atoms with van der Waals surface area (Å²) in [5.74, 6) is 2.29. The van der Waals surface area contributed by atoms with Gasteiger partial charge in [0, 0.05) is 7.11 Å². The van der Waals surface area contributed by atoms with E-state index in [9.17, 15) is 0 Å². The van der Waals surface area contributed by atoms with Crippen LogP contribution < -0.4 is 10.1 Å². The number of hydrogen-bond acceptors (Lipinski definition) is 3. The number of methoxy groups -OCH3 is 1. The Kier molecular flexibility index (Phi) is 8.31. The van der Waals surface area contributed by atoms with Crippen LogP contribution in [0.5, 0.6) is 5.75 Å². The third-order valence-electron chi connectivity index (χ3n) is 3.13. The van der Waals surface area contributed by atoms with Crippen molar-refractivity contribution in [2.75, 3.05) is 33.4 Å². The van der Waals surface area contributed by atoms with Crippen LogP contribution >= 0.6 is 0 Å². The van der Waals surface area contributed by atoms with Crippen LogP contribution in [0.1, 0.15) is 26.3 Å². The second-order valence-electron chi connectivity index (χ2n) is 5.81. The standard InChI is InChI=1S/C17H29NO2/c1-14(2)12-18-13-15(3)11-16-7-5-6-8-17(16)20-10-9-19-4/h5-8,14-15,18H,9-13H2,1-4H3. The Morgan fingerprint density at radius 1 is 1.05 bits per heavy atom. The van der Waals surface area contributed by atoms with Gasteiger partial charge in [-0.2, -0.15) is 0 Å². The number of rotatable bonds is 10. The summed E-state index contributed by atoms with van der Waals surface area (Å²) < 4.78 is 10.8. The maximum Gasteiger partial charge on any atom is 0.122 e. The van der Waals surface area contributed by atoms with Crippen molar-refractivity contribution in [3.05, 3.63) is 29.8 Å². The molecule has 0 bridgehead atoms. The molecule has 0 spiro atoms. The van der Waals surface area contributed by atoms with Crippen molar-refractivity contribution >= 4 is 0 Å². The van der Waals surface area contributed by atoms with E-state index in [0.29, 0.717) is 25.0 Å². The molecule has 114 valence electrons. The maximum absolute atomic E-state index is 5.78. The molecule has 1 unspecified atom stereocenters. The monoisotopic (exact) mass is 279 g/mol. The zero-order valence-electron chi connectivity index (χ0n) is 13.3. The number of nitrogens with one attached hydrogen (secondary N) is 1. The van der Waals surface area contributed by atoms with E-state index in [4.69, 9.17) is 9.47 Å². The normalized spacial score (nSPS) is 12.7. The first kappa shape index (κ1) is 17.0. The van der Waals surface area contributed by atoms with Crippen LogP contribution in [-0.2, 0) is 11.2 Å². The Labute approximate surface area is 123 Å². The molecule has 0 saturated carbocycles. The van der Waals surface area contributed by atoms with Gasteiger partial charge in [0.1, 0.15) is 12.4 Å². The van der Waals surface area contributed by atoms with Crippen LogP contribution in [0.25, 0.3) is 0 Å². The fourth-order valence-corrected chi connectivity index (χ4v) is 2.11. The van der Waals surface area contributed by atoms with Crippen LogP contribution in [0.3, 0.4) is 0 Å². The highest BCUT2D eigenvalue weighted by Crippen LogP contribution is 2.21. The molecule has 1 atom stereocenters. The summed E-state index contributed by atoms with van der Waals surface area (Å²) in [6.45, 7) is 10.1. The lowest BCUT2D eigenvalue weighted by molar-refractivity contribution is 0.145. The maximum atomic E-state index is 5.78. The molecular weight excluding hydrogens is 250 g/mol. The molecule has 1 aromatic carbocycles. The van der Waals surface area contributed by atoms with Gasteiger partial charge >= 0.3 is 0 Å². The van der Waals surface area contributed by atoms with Gasteiger partial charge in [0.15, 0.2) is 0 Å². The molecule has 0 aromatic heterocycles. The van der Waals surface area contributed by atoms with Crippen molar-refractivity contribution in [3.8, 4) is 5.75 Å². The molecule has 3 nitrogen and oxygen atoms in total. The Morgan fingerprint density at radius 2 is 1.80 bits per heavy atom. The first-order chi connectivity index (χ1) is 9.63. The first-order valence-electron chi connectivity index (χ1n) is 7.53. The van der Waals surface area contributed by atoms with Gasteiger partial charge in [0.2, 0.25) is 0 Å². The minimum atomic E-state index is 0.598. The van der Waals surface area contributed by atoms with Crippen molar-refractivity contribution < 1.29 is 9.47 Å². The van der Waals surface area contributed by atoms with E-state index in [1.54, 1.807) is 7.11 Å². The topological polar surface area (TPSA) is 30.5 Å². The molecule has 0 aliphatic rings. The van der Waals surface area contributed by atoms with E-state index in [2.05, 4.69) is 38.2 Å². The van der Waals surface area contributed by atoms with Crippen molar-refractivity contribution in [3.63, 3.8) is 0 Å². The van der Waals surface area contributed by atoms with Crippen LogP contribution in [0.2, 0.25) is 0 Å². The molecule has 0 saturated heterocycles. The quantitative estimate of drug-likeness (QED) is 0.667. The average molecular weight is 279 g/mol. The molecule has 1 rings (SSSR count). The minimum absolute atomic E-state index is 0.598. The Bertz CT molecular complexity index is 366. The second-order valence-corrected chi connectivity index (χ2v) is 5.81. The van der Waals surface area contributed by atoms with Crippen molar-refractivity contribution in [2.24, 2.45) is 11.8 Å². The molecule has 3 heteroatoms. The molecule has 20 heavy (non-hydrogen) atoms. The Morgan fingerprint density at radius 3 is 2.50 bits per heavy atom. The van der Waals surface area contributed by atoms with Crippen molar-refractivity contribution in [1.82, 2.24) is 5.32 Å².